The minimum Gasteiger partial charge on any atom is -0.479 e. The zero-order valence-electron chi connectivity index (χ0n) is 23.8. The lowest BCUT2D eigenvalue weighted by Crippen LogP contribution is -2.39. The third-order valence-corrected chi connectivity index (χ3v) is 8.48. The van der Waals surface area contributed by atoms with Crippen LogP contribution in [0.4, 0.5) is 0 Å². The van der Waals surface area contributed by atoms with E-state index in [4.69, 9.17) is 4.74 Å². The van der Waals surface area contributed by atoms with Gasteiger partial charge in [0.2, 0.25) is 5.60 Å². The maximum Gasteiger partial charge on any atom is 0.344 e. The summed E-state index contributed by atoms with van der Waals surface area (Å²) in [5.74, 6) is -0.955. The first-order valence-corrected chi connectivity index (χ1v) is 14.3. The van der Waals surface area contributed by atoms with Crippen molar-refractivity contribution in [3.8, 4) is 11.1 Å². The molecule has 0 atom stereocenters. The molecule has 38 heavy (non-hydrogen) atoms. The fourth-order valence-electron chi connectivity index (χ4n) is 5.78. The number of hydrogen-bond acceptors (Lipinski definition) is 3. The fraction of sp³-hybridized carbons (Fsp3) is 0.500. The fourth-order valence-corrected chi connectivity index (χ4v) is 5.78. The van der Waals surface area contributed by atoms with Crippen LogP contribution in [0.2, 0.25) is 0 Å². The van der Waals surface area contributed by atoms with Crippen LogP contribution < -0.4 is 5.32 Å². The minimum absolute atomic E-state index is 0.0131. The van der Waals surface area contributed by atoms with E-state index in [0.717, 1.165) is 37.9 Å². The number of fused-ring (bicyclic) bond motifs is 1. The van der Waals surface area contributed by atoms with Gasteiger partial charge in [0.15, 0.2) is 0 Å². The largest absolute Gasteiger partial charge is 0.479 e. The molecule has 0 spiro atoms. The van der Waals surface area contributed by atoms with Crippen molar-refractivity contribution in [1.29, 1.82) is 0 Å². The van der Waals surface area contributed by atoms with Gasteiger partial charge in [-0.1, -0.05) is 89.2 Å². The van der Waals surface area contributed by atoms with E-state index >= 15 is 0 Å². The molecule has 4 nitrogen and oxygen atoms in total. The molecule has 0 aliphatic heterocycles. The standard InChI is InChI=1S/C34H45NO3/c1-6-35-21-8-7-9-22-38-34(31(36)37)17-15-25(16-18-34)26-11-10-12-27(23-26)28-13-14-29-30(24-28)33(4,5)20-19-32(29,2)3/h10-18,23-25,35H,6-9,19-22H2,1-5H3,(H,36,37). The van der Waals surface area contributed by atoms with E-state index < -0.39 is 11.6 Å². The van der Waals surface area contributed by atoms with E-state index in [9.17, 15) is 9.90 Å². The van der Waals surface area contributed by atoms with Gasteiger partial charge in [0.1, 0.15) is 0 Å². The van der Waals surface area contributed by atoms with Crippen molar-refractivity contribution in [3.63, 3.8) is 0 Å². The quantitative estimate of drug-likeness (QED) is 0.240. The number of carboxylic acids is 1. The van der Waals surface area contributed by atoms with Gasteiger partial charge in [0.25, 0.3) is 0 Å². The first-order valence-electron chi connectivity index (χ1n) is 14.3. The van der Waals surface area contributed by atoms with Crippen molar-refractivity contribution in [3.05, 3.63) is 83.5 Å². The topological polar surface area (TPSA) is 58.6 Å². The predicted octanol–water partition coefficient (Wildman–Crippen LogP) is 7.53. The Morgan fingerprint density at radius 2 is 1.61 bits per heavy atom. The summed E-state index contributed by atoms with van der Waals surface area (Å²) in [4.78, 5) is 12.1. The van der Waals surface area contributed by atoms with Gasteiger partial charge in [0, 0.05) is 12.5 Å². The molecular weight excluding hydrogens is 470 g/mol. The molecule has 0 bridgehead atoms. The SMILES string of the molecule is CCNCCCCCOC1(C(=O)O)C=CC(c2cccc(-c3ccc4c(c3)C(C)(C)CCC4(C)C)c2)C=C1. The average Bonchev–Trinajstić information content (AvgIpc) is 2.91. The zero-order valence-corrected chi connectivity index (χ0v) is 23.8. The molecule has 0 heterocycles. The average molecular weight is 516 g/mol. The predicted molar refractivity (Wildman–Crippen MR) is 157 cm³/mol. The van der Waals surface area contributed by atoms with Gasteiger partial charge < -0.3 is 15.2 Å². The molecule has 204 valence electrons. The Hall–Kier alpha value is -2.69. The van der Waals surface area contributed by atoms with Crippen molar-refractivity contribution < 1.29 is 14.6 Å². The first kappa shape index (κ1) is 28.3. The number of carboxylic acid groups (broad SMARTS) is 1. The highest BCUT2D eigenvalue weighted by molar-refractivity contribution is 5.83. The molecule has 0 unspecified atom stereocenters. The van der Waals surface area contributed by atoms with Crippen molar-refractivity contribution in [2.45, 2.75) is 89.1 Å². The second kappa shape index (κ2) is 11.6. The van der Waals surface area contributed by atoms with E-state index in [1.807, 2.05) is 12.2 Å². The molecule has 0 amide bonds. The second-order valence-corrected chi connectivity index (χ2v) is 12.3. The Labute approximate surface area is 229 Å². The van der Waals surface area contributed by atoms with E-state index in [1.165, 1.54) is 35.1 Å². The normalized spacial score (nSPS) is 23.2. The lowest BCUT2D eigenvalue weighted by Gasteiger charge is -2.42. The van der Waals surface area contributed by atoms with Gasteiger partial charge in [-0.15, -0.1) is 0 Å². The molecule has 2 aromatic carbocycles. The molecule has 2 N–H and O–H groups in total. The highest BCUT2D eigenvalue weighted by Gasteiger charge is 2.38. The van der Waals surface area contributed by atoms with Gasteiger partial charge in [-0.3, -0.25) is 0 Å². The van der Waals surface area contributed by atoms with Crippen LogP contribution in [0.3, 0.4) is 0 Å². The summed E-state index contributed by atoms with van der Waals surface area (Å²) in [6.45, 7) is 13.9. The molecular formula is C34H45NO3. The number of rotatable bonds is 11. The van der Waals surface area contributed by atoms with Crippen LogP contribution in [0.15, 0.2) is 66.8 Å². The van der Waals surface area contributed by atoms with Crippen LogP contribution in [0.25, 0.3) is 11.1 Å². The number of carbonyl (C=O) groups is 1. The number of nitrogens with one attached hydrogen (secondary N) is 1. The lowest BCUT2D eigenvalue weighted by atomic mass is 9.63. The number of hydrogen-bond donors (Lipinski definition) is 2. The van der Waals surface area contributed by atoms with Crippen LogP contribution in [0.1, 0.15) is 89.3 Å². The summed E-state index contributed by atoms with van der Waals surface area (Å²) in [7, 11) is 0. The second-order valence-electron chi connectivity index (χ2n) is 12.3. The zero-order chi connectivity index (χ0) is 27.4. The summed E-state index contributed by atoms with van der Waals surface area (Å²) >= 11 is 0. The summed E-state index contributed by atoms with van der Waals surface area (Å²) in [5.41, 5.74) is 5.48. The molecule has 0 saturated carbocycles. The molecule has 0 aromatic heterocycles. The highest BCUT2D eigenvalue weighted by Crippen LogP contribution is 2.47. The van der Waals surface area contributed by atoms with Crippen LogP contribution in [0, 0.1) is 0 Å². The third-order valence-electron chi connectivity index (χ3n) is 8.48. The number of allylic oxidation sites excluding steroid dienone is 2. The van der Waals surface area contributed by atoms with E-state index in [1.54, 1.807) is 12.2 Å². The Bertz CT molecular complexity index is 1180. The highest BCUT2D eigenvalue weighted by atomic mass is 16.5. The minimum atomic E-state index is -1.38. The van der Waals surface area contributed by atoms with Crippen LogP contribution in [-0.4, -0.2) is 36.4 Å². The van der Waals surface area contributed by atoms with Gasteiger partial charge in [0.05, 0.1) is 0 Å². The Morgan fingerprint density at radius 1 is 0.921 bits per heavy atom. The van der Waals surface area contributed by atoms with Crippen molar-refractivity contribution >= 4 is 5.97 Å². The summed E-state index contributed by atoms with van der Waals surface area (Å²) in [6, 6.07) is 15.6. The van der Waals surface area contributed by atoms with Gasteiger partial charge in [-0.2, -0.15) is 0 Å². The van der Waals surface area contributed by atoms with E-state index in [0.29, 0.717) is 6.61 Å². The van der Waals surface area contributed by atoms with Crippen molar-refractivity contribution in [2.75, 3.05) is 19.7 Å². The molecule has 2 aliphatic rings. The van der Waals surface area contributed by atoms with E-state index in [-0.39, 0.29) is 16.7 Å². The van der Waals surface area contributed by atoms with E-state index in [2.05, 4.69) is 82.4 Å². The first-order chi connectivity index (χ1) is 18.1. The Morgan fingerprint density at radius 3 is 2.29 bits per heavy atom. The molecule has 2 aromatic rings. The Balaban J connectivity index is 1.48. The number of unbranched alkanes of at least 4 members (excludes halogenated alkanes) is 2. The lowest BCUT2D eigenvalue weighted by molar-refractivity contribution is -0.154. The molecule has 0 radical (unpaired) electrons. The van der Waals surface area contributed by atoms with Crippen molar-refractivity contribution in [2.24, 2.45) is 0 Å². The number of benzene rings is 2. The summed E-state index contributed by atoms with van der Waals surface area (Å²) in [6.07, 6.45) is 12.7. The van der Waals surface area contributed by atoms with Crippen molar-refractivity contribution in [1.82, 2.24) is 5.32 Å². The number of aliphatic carboxylic acids is 1. The van der Waals surface area contributed by atoms with Gasteiger partial charge in [-0.25, -0.2) is 4.79 Å². The van der Waals surface area contributed by atoms with Crippen LogP contribution >= 0.6 is 0 Å². The maximum atomic E-state index is 12.1. The molecule has 4 heteroatoms. The van der Waals surface area contributed by atoms with Gasteiger partial charge >= 0.3 is 5.97 Å². The monoisotopic (exact) mass is 515 g/mol. The molecule has 0 fully saturated rings. The van der Waals surface area contributed by atoms with Crippen LogP contribution in [-0.2, 0) is 20.4 Å². The van der Waals surface area contributed by atoms with Crippen LogP contribution in [0.5, 0.6) is 0 Å². The third kappa shape index (κ3) is 6.13. The summed E-state index contributed by atoms with van der Waals surface area (Å²) in [5, 5.41) is 13.3. The number of ether oxygens (including phenoxy) is 1. The molecule has 0 saturated heterocycles. The smallest absolute Gasteiger partial charge is 0.344 e. The summed E-state index contributed by atoms with van der Waals surface area (Å²) < 4.78 is 5.91. The molecule has 2 aliphatic carbocycles. The maximum absolute atomic E-state index is 12.1. The molecule has 4 rings (SSSR count). The van der Waals surface area contributed by atoms with Gasteiger partial charge in [-0.05, 0) is 96.0 Å². The Kier molecular flexibility index (Phi) is 8.64.